The van der Waals surface area contributed by atoms with Crippen molar-refractivity contribution in [3.63, 3.8) is 0 Å². The second kappa shape index (κ2) is 12.3. The number of carbonyl (C=O) groups is 1. The molecule has 0 aliphatic carbocycles. The monoisotopic (exact) mass is 483 g/mol. The maximum atomic E-state index is 9.95. The van der Waals surface area contributed by atoms with Gasteiger partial charge in [-0.2, -0.15) is 0 Å². The lowest BCUT2D eigenvalue weighted by atomic mass is 10.1. The number of anilines is 2. The molecule has 2 aromatic carbocycles. The largest absolute Gasteiger partial charge is 0.506 e. The fourth-order valence-corrected chi connectivity index (χ4v) is 4.31. The van der Waals surface area contributed by atoms with Crippen LogP contribution in [0.15, 0.2) is 61.3 Å². The van der Waals surface area contributed by atoms with Gasteiger partial charge in [-0.3, -0.25) is 9.69 Å². The van der Waals surface area contributed by atoms with Gasteiger partial charge in [0, 0.05) is 55.5 Å². The molecule has 0 atom stereocenters. The van der Waals surface area contributed by atoms with Crippen LogP contribution in [0.3, 0.4) is 0 Å². The molecule has 2 aromatic rings. The van der Waals surface area contributed by atoms with Crippen molar-refractivity contribution in [1.82, 2.24) is 9.80 Å². The Morgan fingerprint density at radius 3 is 2.24 bits per heavy atom. The lowest BCUT2D eigenvalue weighted by Crippen LogP contribution is -2.47. The van der Waals surface area contributed by atoms with Crippen molar-refractivity contribution in [3.8, 4) is 5.75 Å². The normalized spacial score (nSPS) is 15.9. The van der Waals surface area contributed by atoms with Crippen molar-refractivity contribution in [3.05, 3.63) is 71.9 Å². The SMILES string of the molecule is C=C(N)c1ccc(N2CCN(C(=C)CN3CCCC3)CC2)cc1.O=CNc1ccc(O)c(Cl)c1. The first kappa shape index (κ1) is 25.5. The Hall–Kier alpha value is -3.16. The summed E-state index contributed by atoms with van der Waals surface area (Å²) >= 11 is 5.54. The number of benzene rings is 2. The van der Waals surface area contributed by atoms with Gasteiger partial charge in [0.25, 0.3) is 0 Å². The highest BCUT2D eigenvalue weighted by atomic mass is 35.5. The molecule has 0 saturated carbocycles. The van der Waals surface area contributed by atoms with Crippen LogP contribution >= 0.6 is 11.6 Å². The molecule has 2 aliphatic heterocycles. The molecule has 8 heteroatoms. The van der Waals surface area contributed by atoms with E-state index in [1.165, 1.54) is 49.4 Å². The topological polar surface area (TPSA) is 85.1 Å². The molecule has 2 fully saturated rings. The zero-order chi connectivity index (χ0) is 24.5. The zero-order valence-corrected chi connectivity index (χ0v) is 20.3. The number of hydrogen-bond acceptors (Lipinski definition) is 6. The minimum atomic E-state index is 0.00288. The number of halogens is 1. The molecule has 0 spiro atoms. The number of nitrogens with one attached hydrogen (secondary N) is 1. The van der Waals surface area contributed by atoms with Crippen molar-refractivity contribution < 1.29 is 9.90 Å². The molecular weight excluding hydrogens is 450 g/mol. The van der Waals surface area contributed by atoms with Gasteiger partial charge in [0.05, 0.1) is 5.02 Å². The Morgan fingerprint density at radius 1 is 1.03 bits per heavy atom. The van der Waals surface area contributed by atoms with Gasteiger partial charge in [-0.1, -0.05) is 36.9 Å². The van der Waals surface area contributed by atoms with Gasteiger partial charge >= 0.3 is 0 Å². The summed E-state index contributed by atoms with van der Waals surface area (Å²) in [6.07, 6.45) is 3.22. The molecule has 0 radical (unpaired) electrons. The summed E-state index contributed by atoms with van der Waals surface area (Å²) in [4.78, 5) is 17.4. The zero-order valence-electron chi connectivity index (χ0n) is 19.5. The van der Waals surface area contributed by atoms with E-state index in [1.807, 2.05) is 0 Å². The van der Waals surface area contributed by atoms with Gasteiger partial charge in [0.1, 0.15) is 5.75 Å². The minimum Gasteiger partial charge on any atom is -0.506 e. The molecule has 2 saturated heterocycles. The number of amides is 1. The molecule has 0 unspecified atom stereocenters. The fraction of sp³-hybridized carbons (Fsp3) is 0.346. The van der Waals surface area contributed by atoms with E-state index in [2.05, 4.69) is 57.4 Å². The molecule has 4 rings (SSSR count). The molecule has 7 nitrogen and oxygen atoms in total. The number of hydrogen-bond donors (Lipinski definition) is 3. The lowest BCUT2D eigenvalue weighted by molar-refractivity contribution is -0.105. The van der Waals surface area contributed by atoms with E-state index in [-0.39, 0.29) is 10.8 Å². The van der Waals surface area contributed by atoms with Crippen LogP contribution in [0.25, 0.3) is 5.70 Å². The van der Waals surface area contributed by atoms with E-state index < -0.39 is 0 Å². The number of nitrogens with two attached hydrogens (primary N) is 1. The van der Waals surface area contributed by atoms with Gasteiger partial charge in [-0.25, -0.2) is 0 Å². The van der Waals surface area contributed by atoms with Crippen LogP contribution in [0.2, 0.25) is 5.02 Å². The Bertz CT molecular complexity index is 981. The van der Waals surface area contributed by atoms with E-state index >= 15 is 0 Å². The Morgan fingerprint density at radius 2 is 1.68 bits per heavy atom. The van der Waals surface area contributed by atoms with E-state index in [0.717, 1.165) is 38.3 Å². The predicted octanol–water partition coefficient (Wildman–Crippen LogP) is 3.96. The summed E-state index contributed by atoms with van der Waals surface area (Å²) in [5.74, 6) is 0.00288. The third-order valence-corrected chi connectivity index (χ3v) is 6.41. The van der Waals surface area contributed by atoms with Gasteiger partial charge in [0.2, 0.25) is 6.41 Å². The number of likely N-dealkylation sites (tertiary alicyclic amines) is 1. The number of piperazine rings is 1. The average Bonchev–Trinajstić information content (AvgIpc) is 3.35. The maximum Gasteiger partial charge on any atom is 0.211 e. The van der Waals surface area contributed by atoms with E-state index in [9.17, 15) is 4.79 Å². The van der Waals surface area contributed by atoms with E-state index in [4.69, 9.17) is 22.4 Å². The van der Waals surface area contributed by atoms with E-state index in [1.54, 1.807) is 6.07 Å². The van der Waals surface area contributed by atoms with Crippen molar-refractivity contribution in [2.24, 2.45) is 5.73 Å². The lowest BCUT2D eigenvalue weighted by Gasteiger charge is -2.39. The Kier molecular flexibility index (Phi) is 9.24. The second-order valence-corrected chi connectivity index (χ2v) is 8.93. The summed E-state index contributed by atoms with van der Waals surface area (Å²) < 4.78 is 0. The highest BCUT2D eigenvalue weighted by Gasteiger charge is 2.20. The molecule has 0 bridgehead atoms. The molecule has 34 heavy (non-hydrogen) atoms. The number of nitrogens with zero attached hydrogens (tertiary/aromatic N) is 3. The van der Waals surface area contributed by atoms with Crippen LogP contribution < -0.4 is 16.0 Å². The highest BCUT2D eigenvalue weighted by molar-refractivity contribution is 6.32. The number of carbonyl (C=O) groups excluding carboxylic acids is 1. The number of phenols is 1. The van der Waals surface area contributed by atoms with Gasteiger partial charge in [-0.05, 0) is 61.8 Å². The summed E-state index contributed by atoms with van der Waals surface area (Å²) in [7, 11) is 0. The maximum absolute atomic E-state index is 9.95. The van der Waals surface area contributed by atoms with Gasteiger partial charge in [0.15, 0.2) is 0 Å². The van der Waals surface area contributed by atoms with Crippen LogP contribution in [0.4, 0.5) is 11.4 Å². The van der Waals surface area contributed by atoms with Gasteiger partial charge in [-0.15, -0.1) is 0 Å². The number of rotatable bonds is 7. The van der Waals surface area contributed by atoms with Crippen molar-refractivity contribution in [2.45, 2.75) is 12.8 Å². The van der Waals surface area contributed by atoms with Crippen LogP contribution in [0.1, 0.15) is 18.4 Å². The van der Waals surface area contributed by atoms with Crippen LogP contribution in [-0.2, 0) is 4.79 Å². The standard InChI is InChI=1S/C19H28N4.C7H6ClNO2/c1-16(15-21-9-3-4-10-21)22-11-13-23(14-12-22)19-7-5-18(6-8-19)17(2)20;8-6-3-5(9-4-10)1-2-7(6)11/h5-8H,1-4,9-15,20H2;1-4,11H,(H,9,10). The van der Waals surface area contributed by atoms with Crippen LogP contribution in [0, 0.1) is 0 Å². The smallest absolute Gasteiger partial charge is 0.211 e. The number of aromatic hydroxyl groups is 1. The average molecular weight is 484 g/mol. The van der Waals surface area contributed by atoms with Crippen molar-refractivity contribution >= 4 is 35.1 Å². The fourth-order valence-electron chi connectivity index (χ4n) is 4.13. The van der Waals surface area contributed by atoms with Crippen LogP contribution in [0.5, 0.6) is 5.75 Å². The summed E-state index contributed by atoms with van der Waals surface area (Å²) in [5, 5.41) is 11.6. The summed E-state index contributed by atoms with van der Waals surface area (Å²) in [5.41, 5.74) is 10.5. The van der Waals surface area contributed by atoms with Crippen LogP contribution in [-0.4, -0.2) is 67.1 Å². The quantitative estimate of drug-likeness (QED) is 0.408. The highest BCUT2D eigenvalue weighted by Crippen LogP contribution is 2.25. The first-order valence-electron chi connectivity index (χ1n) is 11.5. The molecule has 182 valence electrons. The first-order chi connectivity index (χ1) is 16.4. The minimum absolute atomic E-state index is 0.00288. The first-order valence-corrected chi connectivity index (χ1v) is 11.9. The molecular formula is C26H34ClN5O2. The number of phenolic OH excluding ortho intramolecular Hbond substituents is 1. The Balaban J connectivity index is 0.000000248. The third kappa shape index (κ3) is 7.17. The summed E-state index contributed by atoms with van der Waals surface area (Å²) in [6.45, 7) is 15.8. The Labute approximate surface area is 207 Å². The molecule has 0 aromatic heterocycles. The molecule has 2 aliphatic rings. The summed E-state index contributed by atoms with van der Waals surface area (Å²) in [6, 6.07) is 12.8. The second-order valence-electron chi connectivity index (χ2n) is 8.52. The predicted molar refractivity (Wildman–Crippen MR) is 141 cm³/mol. The van der Waals surface area contributed by atoms with E-state index in [0.29, 0.717) is 17.8 Å². The molecule has 2 heterocycles. The third-order valence-electron chi connectivity index (χ3n) is 6.11. The van der Waals surface area contributed by atoms with Crippen molar-refractivity contribution in [1.29, 1.82) is 0 Å². The molecule has 1 amide bonds. The molecule has 4 N–H and O–H groups in total. The van der Waals surface area contributed by atoms with Crippen molar-refractivity contribution in [2.75, 3.05) is 56.0 Å². The van der Waals surface area contributed by atoms with Gasteiger partial charge < -0.3 is 26.0 Å².